The lowest BCUT2D eigenvalue weighted by atomic mass is 10.1. The number of amides is 3. The summed E-state index contributed by atoms with van der Waals surface area (Å²) >= 11 is 5.93. The van der Waals surface area contributed by atoms with Crippen LogP contribution in [0.15, 0.2) is 60.8 Å². The van der Waals surface area contributed by atoms with Crippen LogP contribution in [0.5, 0.6) is 5.75 Å². The molecule has 1 aromatic heterocycles. The lowest BCUT2D eigenvalue weighted by Gasteiger charge is -2.14. The molecule has 1 aliphatic heterocycles. The van der Waals surface area contributed by atoms with Crippen molar-refractivity contribution in [2.45, 2.75) is 20.0 Å². The molecule has 10 heteroatoms. The number of anilines is 2. The Hall–Kier alpha value is -4.24. The van der Waals surface area contributed by atoms with E-state index in [9.17, 15) is 19.2 Å². The topological polar surface area (TPSA) is 115 Å². The predicted molar refractivity (Wildman–Crippen MR) is 128 cm³/mol. The minimum atomic E-state index is -1.16. The highest BCUT2D eigenvalue weighted by Crippen LogP contribution is 2.30. The summed E-state index contributed by atoms with van der Waals surface area (Å²) in [6.07, 6.45) is 0.308. The van der Waals surface area contributed by atoms with E-state index < -0.39 is 29.8 Å². The molecule has 1 aliphatic rings. The van der Waals surface area contributed by atoms with E-state index in [-0.39, 0.29) is 27.5 Å². The van der Waals surface area contributed by atoms with Crippen LogP contribution in [0.4, 0.5) is 11.4 Å². The highest BCUT2D eigenvalue weighted by atomic mass is 35.5. The average Bonchev–Trinajstić information content (AvgIpc) is 3.10. The summed E-state index contributed by atoms with van der Waals surface area (Å²) in [5.74, 6) is -1.90. The Bertz CT molecular complexity index is 1330. The standard InChI is InChI=1S/C25H20ClN3O6/c1-3-34-17-9-7-16(8-10-17)29-23(31)18-11-6-15(13-19(18)24(29)32)25(33)35-14(2)22(30)28-20-5-4-12-27-21(20)26/h4-14H,3H2,1-2H3,(H,28,30). The molecule has 1 atom stereocenters. The van der Waals surface area contributed by atoms with Gasteiger partial charge in [0.15, 0.2) is 11.3 Å². The van der Waals surface area contributed by atoms with E-state index in [0.29, 0.717) is 18.0 Å². The maximum Gasteiger partial charge on any atom is 0.338 e. The number of hydrogen-bond donors (Lipinski definition) is 1. The number of carbonyl (C=O) groups excluding carboxylic acids is 4. The second kappa shape index (κ2) is 9.94. The van der Waals surface area contributed by atoms with Gasteiger partial charge in [0.25, 0.3) is 17.7 Å². The van der Waals surface area contributed by atoms with Crippen LogP contribution in [-0.2, 0) is 9.53 Å². The Kier molecular flexibility index (Phi) is 6.79. The number of imide groups is 1. The van der Waals surface area contributed by atoms with Crippen molar-refractivity contribution in [3.8, 4) is 5.75 Å². The highest BCUT2D eigenvalue weighted by Gasteiger charge is 2.37. The van der Waals surface area contributed by atoms with Crippen LogP contribution in [0.25, 0.3) is 0 Å². The number of carbonyl (C=O) groups is 4. The van der Waals surface area contributed by atoms with Crippen LogP contribution in [0.3, 0.4) is 0 Å². The van der Waals surface area contributed by atoms with Gasteiger partial charge >= 0.3 is 5.97 Å². The van der Waals surface area contributed by atoms with Gasteiger partial charge in [0, 0.05) is 6.20 Å². The summed E-state index contributed by atoms with van der Waals surface area (Å²) in [5, 5.41) is 2.63. The third-order valence-electron chi connectivity index (χ3n) is 5.20. The molecule has 0 fully saturated rings. The van der Waals surface area contributed by atoms with Crippen molar-refractivity contribution in [3.05, 3.63) is 82.6 Å². The summed E-state index contributed by atoms with van der Waals surface area (Å²) < 4.78 is 10.6. The lowest BCUT2D eigenvalue weighted by molar-refractivity contribution is -0.123. The normalized spacial score (nSPS) is 13.3. The fourth-order valence-electron chi connectivity index (χ4n) is 3.46. The molecule has 0 spiro atoms. The summed E-state index contributed by atoms with van der Waals surface area (Å²) in [5.41, 5.74) is 0.911. The van der Waals surface area contributed by atoms with Crippen LogP contribution in [0.2, 0.25) is 5.15 Å². The number of ether oxygens (including phenoxy) is 2. The van der Waals surface area contributed by atoms with Crippen molar-refractivity contribution in [1.29, 1.82) is 0 Å². The second-order valence-corrected chi connectivity index (χ2v) is 7.87. The number of nitrogens with one attached hydrogen (secondary N) is 1. The number of benzene rings is 2. The SMILES string of the molecule is CCOc1ccc(N2C(=O)c3ccc(C(=O)OC(C)C(=O)Nc4cccnc4Cl)cc3C2=O)cc1. The number of pyridine rings is 1. The van der Waals surface area contributed by atoms with Crippen LogP contribution < -0.4 is 15.0 Å². The molecular formula is C25H20ClN3O6. The van der Waals surface area contributed by atoms with Gasteiger partial charge in [0.2, 0.25) is 0 Å². The van der Waals surface area contributed by atoms with Gasteiger partial charge in [-0.1, -0.05) is 11.6 Å². The van der Waals surface area contributed by atoms with E-state index in [0.717, 1.165) is 4.90 Å². The van der Waals surface area contributed by atoms with E-state index in [1.54, 1.807) is 36.4 Å². The first kappa shape index (κ1) is 23.9. The molecule has 9 nitrogen and oxygen atoms in total. The molecule has 3 aromatic rings. The predicted octanol–water partition coefficient (Wildman–Crippen LogP) is 4.12. The molecule has 0 radical (unpaired) electrons. The maximum absolute atomic E-state index is 13.0. The van der Waals surface area contributed by atoms with Crippen molar-refractivity contribution in [3.63, 3.8) is 0 Å². The third-order valence-corrected chi connectivity index (χ3v) is 5.50. The van der Waals surface area contributed by atoms with E-state index in [4.69, 9.17) is 21.1 Å². The van der Waals surface area contributed by atoms with Gasteiger partial charge in [-0.2, -0.15) is 0 Å². The zero-order valence-electron chi connectivity index (χ0n) is 18.8. The van der Waals surface area contributed by atoms with Gasteiger partial charge in [-0.25, -0.2) is 14.7 Å². The minimum absolute atomic E-state index is 0.0255. The van der Waals surface area contributed by atoms with Gasteiger partial charge in [0.05, 0.1) is 34.7 Å². The molecule has 0 aliphatic carbocycles. The molecule has 0 bridgehead atoms. The summed E-state index contributed by atoms with van der Waals surface area (Å²) in [4.78, 5) is 55.8. The van der Waals surface area contributed by atoms with Crippen LogP contribution >= 0.6 is 11.6 Å². The minimum Gasteiger partial charge on any atom is -0.494 e. The molecule has 2 heterocycles. The van der Waals surface area contributed by atoms with E-state index in [2.05, 4.69) is 10.3 Å². The van der Waals surface area contributed by atoms with Gasteiger partial charge in [-0.15, -0.1) is 0 Å². The van der Waals surface area contributed by atoms with E-state index >= 15 is 0 Å². The molecule has 1 N–H and O–H groups in total. The first-order chi connectivity index (χ1) is 16.8. The molecule has 178 valence electrons. The van der Waals surface area contributed by atoms with E-state index in [1.807, 2.05) is 6.92 Å². The quantitative estimate of drug-likeness (QED) is 0.299. The number of rotatable bonds is 7. The number of hydrogen-bond acceptors (Lipinski definition) is 7. The molecule has 0 saturated heterocycles. The summed E-state index contributed by atoms with van der Waals surface area (Å²) in [6, 6.07) is 13.7. The van der Waals surface area contributed by atoms with Crippen LogP contribution in [0, 0.1) is 0 Å². The fraction of sp³-hybridized carbons (Fsp3) is 0.160. The van der Waals surface area contributed by atoms with Gasteiger partial charge in [-0.05, 0) is 68.4 Å². The number of aromatic nitrogens is 1. The molecular weight excluding hydrogens is 474 g/mol. The molecule has 1 unspecified atom stereocenters. The smallest absolute Gasteiger partial charge is 0.338 e. The third kappa shape index (κ3) is 4.85. The van der Waals surface area contributed by atoms with Gasteiger partial charge in [-0.3, -0.25) is 14.4 Å². The monoisotopic (exact) mass is 493 g/mol. The second-order valence-electron chi connectivity index (χ2n) is 7.51. The largest absolute Gasteiger partial charge is 0.494 e. The molecule has 2 aromatic carbocycles. The zero-order valence-corrected chi connectivity index (χ0v) is 19.5. The molecule has 35 heavy (non-hydrogen) atoms. The Morgan fingerprint density at radius 2 is 1.77 bits per heavy atom. The van der Waals surface area contributed by atoms with Crippen LogP contribution in [-0.4, -0.2) is 41.4 Å². The Morgan fingerprint density at radius 3 is 2.46 bits per heavy atom. The Balaban J connectivity index is 1.48. The lowest BCUT2D eigenvalue weighted by Crippen LogP contribution is -2.30. The van der Waals surface area contributed by atoms with Crippen LogP contribution in [0.1, 0.15) is 44.9 Å². The van der Waals surface area contributed by atoms with E-state index in [1.165, 1.54) is 31.3 Å². The van der Waals surface area contributed by atoms with Gasteiger partial charge in [0.1, 0.15) is 5.75 Å². The van der Waals surface area contributed by atoms with Crippen molar-refractivity contribution in [2.75, 3.05) is 16.8 Å². The number of esters is 1. The number of nitrogens with zero attached hydrogens (tertiary/aromatic N) is 2. The highest BCUT2D eigenvalue weighted by molar-refractivity contribution is 6.34. The van der Waals surface area contributed by atoms with Crippen molar-refractivity contribution in [1.82, 2.24) is 4.98 Å². The maximum atomic E-state index is 13.0. The Labute approximate surface area is 205 Å². The molecule has 4 rings (SSSR count). The molecule has 0 saturated carbocycles. The summed E-state index contributed by atoms with van der Waals surface area (Å²) in [7, 11) is 0. The number of fused-ring (bicyclic) bond motifs is 1. The number of halogens is 1. The summed E-state index contributed by atoms with van der Waals surface area (Å²) in [6.45, 7) is 3.74. The first-order valence-electron chi connectivity index (χ1n) is 10.7. The Morgan fingerprint density at radius 1 is 1.06 bits per heavy atom. The van der Waals surface area contributed by atoms with Crippen molar-refractivity contribution < 1.29 is 28.7 Å². The zero-order chi connectivity index (χ0) is 25.1. The van der Waals surface area contributed by atoms with Crippen molar-refractivity contribution >= 4 is 46.7 Å². The van der Waals surface area contributed by atoms with Gasteiger partial charge < -0.3 is 14.8 Å². The molecule has 3 amide bonds. The van der Waals surface area contributed by atoms with Crippen molar-refractivity contribution in [2.24, 2.45) is 0 Å². The fourth-order valence-corrected chi connectivity index (χ4v) is 3.62. The average molecular weight is 494 g/mol. The first-order valence-corrected chi connectivity index (χ1v) is 11.1.